The van der Waals surface area contributed by atoms with Crippen LogP contribution in [0.2, 0.25) is 0 Å². The summed E-state index contributed by atoms with van der Waals surface area (Å²) in [6.45, 7) is 4.95. The Kier molecular flexibility index (Phi) is 3.55. The van der Waals surface area contributed by atoms with Crippen LogP contribution in [-0.2, 0) is 4.74 Å². The molecule has 2 aliphatic heterocycles. The van der Waals surface area contributed by atoms with Crippen LogP contribution in [0.5, 0.6) is 11.5 Å². The molecule has 2 aliphatic rings. The Balaban J connectivity index is 2.28. The zero-order chi connectivity index (χ0) is 17.1. The van der Waals surface area contributed by atoms with Crippen LogP contribution in [0.25, 0.3) is 0 Å². The molecule has 0 saturated carbocycles. The Labute approximate surface area is 133 Å². The molecular weight excluding hydrogens is 304 g/mol. The molecule has 1 aromatic rings. The summed E-state index contributed by atoms with van der Waals surface area (Å²) >= 11 is 0. The Bertz CT molecular complexity index is 674. The van der Waals surface area contributed by atoms with Crippen LogP contribution in [0.15, 0.2) is 0 Å². The van der Waals surface area contributed by atoms with Crippen molar-refractivity contribution in [1.82, 2.24) is 0 Å². The number of methoxy groups -OCH3 is 1. The van der Waals surface area contributed by atoms with E-state index >= 15 is 0 Å². The van der Waals surface area contributed by atoms with Crippen molar-refractivity contribution in [3.8, 4) is 11.5 Å². The Morgan fingerprint density at radius 1 is 1.26 bits per heavy atom. The van der Waals surface area contributed by atoms with Crippen molar-refractivity contribution in [2.24, 2.45) is 5.92 Å². The summed E-state index contributed by atoms with van der Waals surface area (Å²) in [6.07, 6.45) is -2.61. The third-order valence-corrected chi connectivity index (χ3v) is 4.58. The van der Waals surface area contributed by atoms with Crippen LogP contribution >= 0.6 is 0 Å². The number of hydrogen-bond donors (Lipinski definition) is 3. The number of benzene rings is 1. The molecule has 3 N–H and O–H groups in total. The van der Waals surface area contributed by atoms with Crippen LogP contribution < -0.4 is 9.47 Å². The van der Waals surface area contributed by atoms with E-state index in [0.717, 1.165) is 0 Å². The van der Waals surface area contributed by atoms with Gasteiger partial charge in [-0.05, 0) is 20.8 Å². The number of fused-ring (bicyclic) bond motifs is 3. The maximum absolute atomic E-state index is 12.0. The second-order valence-electron chi connectivity index (χ2n) is 6.46. The molecule has 3 atom stereocenters. The third kappa shape index (κ3) is 2.19. The van der Waals surface area contributed by atoms with Crippen LogP contribution in [0, 0.1) is 12.8 Å². The fourth-order valence-electron chi connectivity index (χ4n) is 3.34. The van der Waals surface area contributed by atoms with Gasteiger partial charge in [0, 0.05) is 16.7 Å². The largest absolute Gasteiger partial charge is 0.495 e. The van der Waals surface area contributed by atoms with Crippen molar-refractivity contribution >= 4 is 5.97 Å². The number of carbonyl (C=O) groups is 1. The molecule has 23 heavy (non-hydrogen) atoms. The fourth-order valence-corrected chi connectivity index (χ4v) is 3.34. The van der Waals surface area contributed by atoms with Crippen LogP contribution in [0.1, 0.15) is 53.3 Å². The van der Waals surface area contributed by atoms with E-state index < -0.39 is 29.9 Å². The van der Waals surface area contributed by atoms with E-state index in [1.165, 1.54) is 7.11 Å². The molecule has 7 nitrogen and oxygen atoms in total. The average molecular weight is 324 g/mol. The predicted octanol–water partition coefficient (Wildman–Crippen LogP) is 0.978. The highest BCUT2D eigenvalue weighted by molar-refractivity contribution is 5.98. The van der Waals surface area contributed by atoms with Gasteiger partial charge in [0.05, 0.1) is 31.3 Å². The topological polar surface area (TPSA) is 105 Å². The van der Waals surface area contributed by atoms with Crippen LogP contribution in [0.3, 0.4) is 0 Å². The number of aliphatic hydroxyl groups excluding tert-OH is 2. The Morgan fingerprint density at radius 3 is 2.48 bits per heavy atom. The zero-order valence-electron chi connectivity index (χ0n) is 13.4. The number of ether oxygens (including phenoxy) is 3. The van der Waals surface area contributed by atoms with Gasteiger partial charge >= 0.3 is 5.97 Å². The molecule has 7 heteroatoms. The molecule has 0 saturated heterocycles. The first kappa shape index (κ1) is 16.0. The second kappa shape index (κ2) is 5.09. The summed E-state index contributed by atoms with van der Waals surface area (Å²) < 4.78 is 15.9. The molecule has 3 rings (SSSR count). The van der Waals surface area contributed by atoms with E-state index in [-0.39, 0.29) is 29.0 Å². The summed E-state index contributed by atoms with van der Waals surface area (Å²) in [5.41, 5.74) is -0.147. The molecule has 126 valence electrons. The Morgan fingerprint density at radius 2 is 1.91 bits per heavy atom. The number of cyclic esters (lactones) is 1. The molecule has 0 radical (unpaired) electrons. The molecule has 0 aromatic heterocycles. The summed E-state index contributed by atoms with van der Waals surface area (Å²) in [6, 6.07) is 0. The minimum Gasteiger partial charge on any atom is -0.495 e. The van der Waals surface area contributed by atoms with Crippen molar-refractivity contribution in [1.29, 1.82) is 0 Å². The normalized spacial score (nSPS) is 26.2. The highest BCUT2D eigenvalue weighted by Crippen LogP contribution is 2.51. The quantitative estimate of drug-likeness (QED) is 0.696. The second-order valence-corrected chi connectivity index (χ2v) is 6.46. The van der Waals surface area contributed by atoms with Gasteiger partial charge in [-0.25, -0.2) is 4.79 Å². The maximum atomic E-state index is 12.0. The van der Waals surface area contributed by atoms with Gasteiger partial charge in [0.15, 0.2) is 0 Å². The van der Waals surface area contributed by atoms with Gasteiger partial charge < -0.3 is 29.5 Å². The van der Waals surface area contributed by atoms with Gasteiger partial charge in [-0.1, -0.05) is 0 Å². The molecule has 0 bridgehead atoms. The van der Waals surface area contributed by atoms with Crippen LogP contribution in [-0.4, -0.2) is 40.6 Å². The van der Waals surface area contributed by atoms with E-state index in [1.807, 2.05) is 0 Å². The standard InChI is InChI=1S/C16H20O7/c1-6-12(21-4)10-8(14(18)23-15(10)19)9-11(17)7(16(2,3)20)5-22-13(6)9/h7,11,14,17-18,20H,5H2,1-4H3/t7-,11+,14-/m0/s1. The Hall–Kier alpha value is -1.83. The van der Waals surface area contributed by atoms with Crippen molar-refractivity contribution in [2.45, 2.75) is 38.8 Å². The predicted molar refractivity (Wildman–Crippen MR) is 78.3 cm³/mol. The molecule has 2 heterocycles. The molecule has 0 amide bonds. The zero-order valence-corrected chi connectivity index (χ0v) is 13.4. The third-order valence-electron chi connectivity index (χ3n) is 4.58. The first-order chi connectivity index (χ1) is 10.7. The number of aliphatic hydroxyl groups is 3. The highest BCUT2D eigenvalue weighted by atomic mass is 16.6. The minimum absolute atomic E-state index is 0.0929. The van der Waals surface area contributed by atoms with Gasteiger partial charge in [0.25, 0.3) is 0 Å². The number of esters is 1. The minimum atomic E-state index is -1.50. The van der Waals surface area contributed by atoms with Gasteiger partial charge in [0.2, 0.25) is 6.29 Å². The van der Waals surface area contributed by atoms with Crippen molar-refractivity contribution in [3.05, 3.63) is 22.3 Å². The van der Waals surface area contributed by atoms with Gasteiger partial charge in [0.1, 0.15) is 17.1 Å². The van der Waals surface area contributed by atoms with Crippen LogP contribution in [0.4, 0.5) is 0 Å². The van der Waals surface area contributed by atoms with E-state index in [0.29, 0.717) is 11.3 Å². The first-order valence-electron chi connectivity index (χ1n) is 7.35. The summed E-state index contributed by atoms with van der Waals surface area (Å²) in [4.78, 5) is 12.0. The summed E-state index contributed by atoms with van der Waals surface area (Å²) in [7, 11) is 1.41. The van der Waals surface area contributed by atoms with Crippen molar-refractivity contribution in [3.63, 3.8) is 0 Å². The lowest BCUT2D eigenvalue weighted by atomic mass is 9.79. The van der Waals surface area contributed by atoms with E-state index in [4.69, 9.17) is 14.2 Å². The van der Waals surface area contributed by atoms with Gasteiger partial charge in [-0.3, -0.25) is 0 Å². The summed E-state index contributed by atoms with van der Waals surface area (Å²) in [5.74, 6) is -0.720. The molecular formula is C16H20O7. The van der Waals surface area contributed by atoms with Gasteiger partial charge in [-0.2, -0.15) is 0 Å². The molecule has 1 aromatic carbocycles. The highest BCUT2D eigenvalue weighted by Gasteiger charge is 2.47. The average Bonchev–Trinajstić information content (AvgIpc) is 2.73. The number of carbonyl (C=O) groups excluding carboxylic acids is 1. The smallest absolute Gasteiger partial charge is 0.345 e. The molecule has 0 spiro atoms. The first-order valence-corrected chi connectivity index (χ1v) is 7.35. The molecule has 0 unspecified atom stereocenters. The fraction of sp³-hybridized carbons (Fsp3) is 0.562. The maximum Gasteiger partial charge on any atom is 0.345 e. The van der Waals surface area contributed by atoms with E-state index in [2.05, 4.69) is 0 Å². The van der Waals surface area contributed by atoms with E-state index in [1.54, 1.807) is 20.8 Å². The van der Waals surface area contributed by atoms with Gasteiger partial charge in [-0.15, -0.1) is 0 Å². The molecule has 0 aliphatic carbocycles. The monoisotopic (exact) mass is 324 g/mol. The molecule has 0 fully saturated rings. The van der Waals surface area contributed by atoms with Crippen molar-refractivity contribution < 1.29 is 34.3 Å². The lowest BCUT2D eigenvalue weighted by molar-refractivity contribution is -0.0826. The van der Waals surface area contributed by atoms with Crippen molar-refractivity contribution in [2.75, 3.05) is 13.7 Å². The lowest BCUT2D eigenvalue weighted by Crippen LogP contribution is -2.42. The SMILES string of the molecule is COc1c(C)c2c(c3c1C(=O)O[C@@H]3O)[C@H](O)[C@@H](C(C)(C)O)CO2. The number of hydrogen-bond acceptors (Lipinski definition) is 7. The lowest BCUT2D eigenvalue weighted by Gasteiger charge is -2.39. The van der Waals surface area contributed by atoms with E-state index in [9.17, 15) is 20.1 Å². The number of rotatable bonds is 2. The summed E-state index contributed by atoms with van der Waals surface area (Å²) in [5, 5.41) is 31.1.